The second-order valence-electron chi connectivity index (χ2n) is 7.41. The number of rotatable bonds is 8. The largest absolute Gasteiger partial charge is 0.394 e. The zero-order valence-electron chi connectivity index (χ0n) is 17.1. The number of aliphatic hydroxyl groups excluding tert-OH is 1. The summed E-state index contributed by atoms with van der Waals surface area (Å²) in [5.74, 6) is -0.942. The van der Waals surface area contributed by atoms with Crippen LogP contribution in [0.5, 0.6) is 0 Å². The maximum atomic E-state index is 13.1. The van der Waals surface area contributed by atoms with E-state index in [9.17, 15) is 27.1 Å². The van der Waals surface area contributed by atoms with Crippen LogP contribution < -0.4 is 15.4 Å². The Morgan fingerprint density at radius 3 is 2.28 bits per heavy atom. The minimum absolute atomic E-state index is 0.0749. The topological polar surface area (TPSA) is 117 Å². The summed E-state index contributed by atoms with van der Waals surface area (Å²) < 4.78 is 59.3. The van der Waals surface area contributed by atoms with Crippen molar-refractivity contribution in [2.45, 2.75) is 42.4 Å². The molecule has 2 aromatic rings. The smallest absolute Gasteiger partial charge is 0.319 e. The molecule has 1 saturated heterocycles. The molecule has 1 aliphatic heterocycles. The van der Waals surface area contributed by atoms with Crippen LogP contribution in [-0.2, 0) is 14.8 Å². The fourth-order valence-electron chi connectivity index (χ4n) is 3.42. The molecule has 1 aliphatic rings. The molecular formula is C21H25F2N3O5S. The van der Waals surface area contributed by atoms with Gasteiger partial charge in [0.1, 0.15) is 11.6 Å². The van der Waals surface area contributed by atoms with Crippen molar-refractivity contribution in [3.63, 3.8) is 0 Å². The maximum Gasteiger partial charge on any atom is 0.319 e. The monoisotopic (exact) mass is 469 g/mol. The van der Waals surface area contributed by atoms with Gasteiger partial charge in [-0.15, -0.1) is 0 Å². The van der Waals surface area contributed by atoms with Crippen LogP contribution in [0.2, 0.25) is 0 Å². The molecule has 0 aliphatic carbocycles. The third kappa shape index (κ3) is 6.70. The summed E-state index contributed by atoms with van der Waals surface area (Å²) in [6.45, 7) is -0.0899. The van der Waals surface area contributed by atoms with Crippen molar-refractivity contribution in [1.29, 1.82) is 0 Å². The van der Waals surface area contributed by atoms with Gasteiger partial charge in [0.2, 0.25) is 10.0 Å². The van der Waals surface area contributed by atoms with Crippen LogP contribution in [0.15, 0.2) is 53.4 Å². The first-order chi connectivity index (χ1) is 15.3. The van der Waals surface area contributed by atoms with Crippen LogP contribution in [0.25, 0.3) is 0 Å². The molecule has 11 heteroatoms. The number of aliphatic hydroxyl groups is 1. The second-order valence-corrected chi connectivity index (χ2v) is 9.13. The number of hydrogen-bond donors (Lipinski definition) is 4. The molecule has 3 atom stereocenters. The summed E-state index contributed by atoms with van der Waals surface area (Å²) in [6, 6.07) is 8.73. The van der Waals surface area contributed by atoms with Crippen LogP contribution in [0.4, 0.5) is 19.3 Å². The van der Waals surface area contributed by atoms with Gasteiger partial charge in [0, 0.05) is 12.2 Å². The van der Waals surface area contributed by atoms with E-state index >= 15 is 0 Å². The van der Waals surface area contributed by atoms with Crippen molar-refractivity contribution in [3.8, 4) is 0 Å². The summed E-state index contributed by atoms with van der Waals surface area (Å²) in [5.41, 5.74) is 0.453. The zero-order chi connectivity index (χ0) is 23.1. The van der Waals surface area contributed by atoms with Crippen molar-refractivity contribution in [2.75, 3.05) is 18.5 Å². The quantitative estimate of drug-likeness (QED) is 0.474. The maximum absolute atomic E-state index is 13.1. The van der Waals surface area contributed by atoms with Gasteiger partial charge in [-0.1, -0.05) is 0 Å². The van der Waals surface area contributed by atoms with E-state index in [1.54, 1.807) is 0 Å². The molecule has 0 bridgehead atoms. The van der Waals surface area contributed by atoms with E-state index in [2.05, 4.69) is 15.4 Å². The number of sulfonamides is 1. The number of carbonyl (C=O) groups is 1. The molecule has 32 heavy (non-hydrogen) atoms. The van der Waals surface area contributed by atoms with Gasteiger partial charge < -0.3 is 20.5 Å². The van der Waals surface area contributed by atoms with Crippen molar-refractivity contribution < 1.29 is 31.8 Å². The highest BCUT2D eigenvalue weighted by molar-refractivity contribution is 7.89. The van der Waals surface area contributed by atoms with Gasteiger partial charge in [0.15, 0.2) is 0 Å². The molecular weight excluding hydrogens is 444 g/mol. The minimum Gasteiger partial charge on any atom is -0.394 e. The summed E-state index contributed by atoms with van der Waals surface area (Å²) in [7, 11) is -3.89. The standard InChI is InChI=1S/C21H25F2N3O5S/c22-14-1-5-16(6-2-14)25-21(28)24-12-11-17-7-10-19(20(13-27)31-17)26-32(29,30)18-8-3-15(23)4-9-18/h1-6,8-9,17,19-20,26-27H,7,10-13H2,(H2,24,25,28)/t17-,19-,20+/m0/s1. The van der Waals surface area contributed by atoms with Crippen LogP contribution in [0.1, 0.15) is 19.3 Å². The third-order valence-corrected chi connectivity index (χ3v) is 6.59. The zero-order valence-corrected chi connectivity index (χ0v) is 17.9. The molecule has 0 spiro atoms. The van der Waals surface area contributed by atoms with E-state index in [1.165, 1.54) is 36.4 Å². The molecule has 3 rings (SSSR count). The fraction of sp³-hybridized carbons (Fsp3) is 0.381. The molecule has 1 heterocycles. The predicted molar refractivity (Wildman–Crippen MR) is 114 cm³/mol. The lowest BCUT2D eigenvalue weighted by atomic mass is 9.98. The number of anilines is 1. The minimum atomic E-state index is -3.89. The number of urea groups is 1. The Labute approximate surface area is 185 Å². The molecule has 4 N–H and O–H groups in total. The molecule has 0 aromatic heterocycles. The lowest BCUT2D eigenvalue weighted by Gasteiger charge is -2.36. The number of nitrogens with one attached hydrogen (secondary N) is 3. The predicted octanol–water partition coefficient (Wildman–Crippen LogP) is 2.36. The summed E-state index contributed by atoms with van der Waals surface area (Å²) in [4.78, 5) is 11.9. The van der Waals surface area contributed by atoms with Crippen LogP contribution in [-0.4, -0.2) is 51.0 Å². The molecule has 174 valence electrons. The molecule has 0 radical (unpaired) electrons. The van der Waals surface area contributed by atoms with Gasteiger partial charge >= 0.3 is 6.03 Å². The average molecular weight is 470 g/mol. The van der Waals surface area contributed by atoms with Crippen LogP contribution in [0.3, 0.4) is 0 Å². The Kier molecular flexibility index (Phi) is 8.13. The number of ether oxygens (including phenoxy) is 1. The summed E-state index contributed by atoms with van der Waals surface area (Å²) in [5, 5.41) is 14.9. The molecule has 0 unspecified atom stereocenters. The number of carbonyl (C=O) groups excluding carboxylic acids is 1. The number of amides is 2. The first-order valence-corrected chi connectivity index (χ1v) is 11.6. The van der Waals surface area contributed by atoms with E-state index in [4.69, 9.17) is 4.74 Å². The number of halogens is 2. The molecule has 0 saturated carbocycles. The van der Waals surface area contributed by atoms with Gasteiger partial charge in [-0.2, -0.15) is 0 Å². The Morgan fingerprint density at radius 2 is 1.66 bits per heavy atom. The SMILES string of the molecule is O=C(NCC[C@@H]1CC[C@H](NS(=O)(=O)c2ccc(F)cc2)[C@@H](CO)O1)Nc1ccc(F)cc1. The second kappa shape index (κ2) is 10.8. The fourth-order valence-corrected chi connectivity index (χ4v) is 4.71. The Bertz CT molecular complexity index is 1000. The lowest BCUT2D eigenvalue weighted by Crippen LogP contribution is -2.51. The van der Waals surface area contributed by atoms with Gasteiger partial charge in [-0.05, 0) is 67.8 Å². The summed E-state index contributed by atoms with van der Waals surface area (Å²) in [6.07, 6.45) is 0.388. The van der Waals surface area contributed by atoms with Gasteiger partial charge in [0.25, 0.3) is 0 Å². The summed E-state index contributed by atoms with van der Waals surface area (Å²) >= 11 is 0. The normalized spacial score (nSPS) is 21.2. The molecule has 8 nitrogen and oxygen atoms in total. The first kappa shape index (κ1) is 24.1. The highest BCUT2D eigenvalue weighted by atomic mass is 32.2. The van der Waals surface area contributed by atoms with Crippen LogP contribution in [0, 0.1) is 11.6 Å². The highest BCUT2D eigenvalue weighted by Gasteiger charge is 2.33. The first-order valence-electron chi connectivity index (χ1n) is 10.1. The Balaban J connectivity index is 1.46. The van der Waals surface area contributed by atoms with E-state index < -0.39 is 39.8 Å². The number of hydrogen-bond acceptors (Lipinski definition) is 5. The van der Waals surface area contributed by atoms with E-state index in [-0.39, 0.29) is 17.6 Å². The molecule has 2 aromatic carbocycles. The van der Waals surface area contributed by atoms with E-state index in [0.29, 0.717) is 31.5 Å². The van der Waals surface area contributed by atoms with Gasteiger partial charge in [0.05, 0.1) is 29.8 Å². The number of benzene rings is 2. The highest BCUT2D eigenvalue weighted by Crippen LogP contribution is 2.23. The van der Waals surface area contributed by atoms with Crippen molar-refractivity contribution in [2.24, 2.45) is 0 Å². The van der Waals surface area contributed by atoms with Crippen molar-refractivity contribution in [1.82, 2.24) is 10.0 Å². The van der Waals surface area contributed by atoms with Crippen molar-refractivity contribution in [3.05, 3.63) is 60.2 Å². The Hall–Kier alpha value is -2.60. The molecule has 2 amide bonds. The Morgan fingerprint density at radius 1 is 1.03 bits per heavy atom. The van der Waals surface area contributed by atoms with E-state index in [0.717, 1.165) is 12.1 Å². The van der Waals surface area contributed by atoms with Crippen molar-refractivity contribution >= 4 is 21.7 Å². The molecule has 1 fully saturated rings. The van der Waals surface area contributed by atoms with Crippen LogP contribution >= 0.6 is 0 Å². The average Bonchev–Trinajstić information content (AvgIpc) is 2.76. The van der Waals surface area contributed by atoms with Gasteiger partial charge in [-0.25, -0.2) is 26.7 Å². The third-order valence-electron chi connectivity index (χ3n) is 5.08. The lowest BCUT2D eigenvalue weighted by molar-refractivity contribution is -0.0871. The van der Waals surface area contributed by atoms with E-state index in [1.807, 2.05) is 0 Å². The van der Waals surface area contributed by atoms with Gasteiger partial charge in [-0.3, -0.25) is 0 Å².